The second-order valence-electron chi connectivity index (χ2n) is 3.49. The second-order valence-corrected chi connectivity index (χ2v) is 3.49. The lowest BCUT2D eigenvalue weighted by Gasteiger charge is -2.36. The fourth-order valence-electron chi connectivity index (χ4n) is 1.88. The highest BCUT2D eigenvalue weighted by molar-refractivity contribution is 4.87. The van der Waals surface area contributed by atoms with E-state index in [4.69, 9.17) is 9.47 Å². The summed E-state index contributed by atoms with van der Waals surface area (Å²) in [6.45, 7) is 1.20. The quantitative estimate of drug-likeness (QED) is 0.526. The summed E-state index contributed by atoms with van der Waals surface area (Å²) in [5.41, 5.74) is 0. The lowest BCUT2D eigenvalue weighted by molar-refractivity contribution is -0.213. The largest absolute Gasteiger partial charge is 0.390 e. The van der Waals surface area contributed by atoms with Gasteiger partial charge in [0.15, 0.2) is 5.79 Å². The Bertz CT molecular complexity index is 164. The summed E-state index contributed by atoms with van der Waals surface area (Å²) in [6.07, 6.45) is 0.334. The molecule has 1 heterocycles. The van der Waals surface area contributed by atoms with Crippen molar-refractivity contribution < 1.29 is 19.7 Å². The van der Waals surface area contributed by atoms with Crippen LogP contribution in [0.3, 0.4) is 0 Å². The van der Waals surface area contributed by atoms with Crippen LogP contribution in [0.1, 0.15) is 19.3 Å². The first-order valence-electron chi connectivity index (χ1n) is 4.36. The van der Waals surface area contributed by atoms with Crippen molar-refractivity contribution in [2.24, 2.45) is 0 Å². The molecule has 0 aromatic carbocycles. The minimum absolute atomic E-state index is 0.397. The summed E-state index contributed by atoms with van der Waals surface area (Å²) in [5.74, 6) is -0.585. The molecule has 0 radical (unpaired) electrons. The Morgan fingerprint density at radius 1 is 1.08 bits per heavy atom. The number of ether oxygens (including phenoxy) is 2. The molecule has 1 saturated heterocycles. The summed E-state index contributed by atoms with van der Waals surface area (Å²) in [4.78, 5) is 0. The zero-order valence-corrected chi connectivity index (χ0v) is 6.90. The number of hydrogen-bond donors (Lipinski definition) is 2. The van der Waals surface area contributed by atoms with E-state index in [1.165, 1.54) is 0 Å². The molecule has 2 N–H and O–H groups in total. The maximum absolute atomic E-state index is 9.39. The van der Waals surface area contributed by atoms with Crippen LogP contribution in [-0.4, -0.2) is 41.4 Å². The number of hydrogen-bond acceptors (Lipinski definition) is 4. The van der Waals surface area contributed by atoms with Gasteiger partial charge >= 0.3 is 0 Å². The van der Waals surface area contributed by atoms with Crippen LogP contribution in [0.25, 0.3) is 0 Å². The molecule has 70 valence electrons. The first-order chi connectivity index (χ1) is 5.72. The van der Waals surface area contributed by atoms with E-state index in [0.717, 1.165) is 0 Å². The third-order valence-corrected chi connectivity index (χ3v) is 2.60. The maximum Gasteiger partial charge on any atom is 0.171 e. The minimum atomic E-state index is -0.697. The number of rotatable bonds is 0. The molecular weight excluding hydrogens is 160 g/mol. The smallest absolute Gasteiger partial charge is 0.171 e. The van der Waals surface area contributed by atoms with E-state index in [-0.39, 0.29) is 0 Å². The molecule has 1 aliphatic carbocycles. The Hall–Kier alpha value is -0.160. The van der Waals surface area contributed by atoms with Gasteiger partial charge in [0.05, 0.1) is 25.4 Å². The summed E-state index contributed by atoms with van der Waals surface area (Å²) in [7, 11) is 0. The summed E-state index contributed by atoms with van der Waals surface area (Å²) in [5, 5.41) is 18.7. The fraction of sp³-hybridized carbons (Fsp3) is 1.00. The van der Waals surface area contributed by atoms with Crippen molar-refractivity contribution in [2.75, 3.05) is 13.2 Å². The van der Waals surface area contributed by atoms with E-state index in [1.807, 2.05) is 0 Å². The molecule has 0 amide bonds. The Kier molecular flexibility index (Phi) is 2.08. The van der Waals surface area contributed by atoms with Gasteiger partial charge in [-0.2, -0.15) is 0 Å². The predicted octanol–water partition coefficient (Wildman–Crippen LogP) is -0.365. The molecule has 4 heteroatoms. The molecule has 2 atom stereocenters. The van der Waals surface area contributed by atoms with Crippen LogP contribution in [0.5, 0.6) is 0 Å². The van der Waals surface area contributed by atoms with Crippen molar-refractivity contribution in [3.63, 3.8) is 0 Å². The predicted molar refractivity (Wildman–Crippen MR) is 40.5 cm³/mol. The molecular formula is C8H14O4. The van der Waals surface area contributed by atoms with Gasteiger partial charge in [-0.1, -0.05) is 0 Å². The van der Waals surface area contributed by atoms with E-state index in [2.05, 4.69) is 0 Å². The van der Waals surface area contributed by atoms with Crippen LogP contribution in [-0.2, 0) is 9.47 Å². The highest BCUT2D eigenvalue weighted by atomic mass is 16.7. The van der Waals surface area contributed by atoms with E-state index < -0.39 is 18.0 Å². The molecule has 0 aromatic rings. The van der Waals surface area contributed by atoms with Crippen molar-refractivity contribution in [2.45, 2.75) is 37.3 Å². The average molecular weight is 174 g/mol. The Morgan fingerprint density at radius 2 is 1.75 bits per heavy atom. The SMILES string of the molecule is O[C@@H]1CCC2(C[C@H]1O)OCCO2. The molecule has 2 fully saturated rings. The first kappa shape index (κ1) is 8.44. The van der Waals surface area contributed by atoms with Crippen LogP contribution >= 0.6 is 0 Å². The molecule has 0 aromatic heterocycles. The molecule has 12 heavy (non-hydrogen) atoms. The van der Waals surface area contributed by atoms with E-state index in [0.29, 0.717) is 32.5 Å². The fourth-order valence-corrected chi connectivity index (χ4v) is 1.88. The monoisotopic (exact) mass is 174 g/mol. The lowest BCUT2D eigenvalue weighted by Crippen LogP contribution is -2.45. The van der Waals surface area contributed by atoms with Crippen molar-refractivity contribution in [1.29, 1.82) is 0 Å². The van der Waals surface area contributed by atoms with Crippen LogP contribution < -0.4 is 0 Å². The van der Waals surface area contributed by atoms with Crippen molar-refractivity contribution in [3.05, 3.63) is 0 Å². The Labute approximate surface area is 71.1 Å². The van der Waals surface area contributed by atoms with Crippen LogP contribution in [0, 0.1) is 0 Å². The standard InChI is InChI=1S/C8H14O4/c9-6-1-2-8(5-7(6)10)11-3-4-12-8/h6-7,9-10H,1-5H2/t6-,7-/m1/s1. The summed E-state index contributed by atoms with van der Waals surface area (Å²) >= 11 is 0. The third kappa shape index (κ3) is 1.35. The normalized spacial score (nSPS) is 40.5. The highest BCUT2D eigenvalue weighted by Gasteiger charge is 2.44. The number of aliphatic hydroxyl groups is 2. The van der Waals surface area contributed by atoms with Gasteiger partial charge in [0.1, 0.15) is 0 Å². The molecule has 2 rings (SSSR count). The highest BCUT2D eigenvalue weighted by Crippen LogP contribution is 2.35. The average Bonchev–Trinajstić information content (AvgIpc) is 2.47. The second kappa shape index (κ2) is 2.96. The minimum Gasteiger partial charge on any atom is -0.390 e. The molecule has 1 saturated carbocycles. The van der Waals surface area contributed by atoms with Crippen molar-refractivity contribution in [3.8, 4) is 0 Å². The van der Waals surface area contributed by atoms with Gasteiger partial charge in [0, 0.05) is 12.8 Å². The molecule has 2 aliphatic rings. The zero-order chi connectivity index (χ0) is 8.60. The lowest BCUT2D eigenvalue weighted by atomic mass is 9.89. The molecule has 0 unspecified atom stereocenters. The van der Waals surface area contributed by atoms with Gasteiger partial charge in [0.2, 0.25) is 0 Å². The van der Waals surface area contributed by atoms with Crippen LogP contribution in [0.2, 0.25) is 0 Å². The summed E-state index contributed by atoms with van der Waals surface area (Å²) < 4.78 is 10.8. The van der Waals surface area contributed by atoms with E-state index >= 15 is 0 Å². The maximum atomic E-state index is 9.39. The van der Waals surface area contributed by atoms with Gasteiger partial charge in [-0.3, -0.25) is 0 Å². The molecule has 0 bridgehead atoms. The molecule has 1 spiro atoms. The van der Waals surface area contributed by atoms with Crippen LogP contribution in [0.4, 0.5) is 0 Å². The Balaban J connectivity index is 2.01. The topological polar surface area (TPSA) is 58.9 Å². The number of aliphatic hydroxyl groups excluding tert-OH is 2. The summed E-state index contributed by atoms with van der Waals surface area (Å²) in [6, 6.07) is 0. The van der Waals surface area contributed by atoms with E-state index in [1.54, 1.807) is 0 Å². The van der Waals surface area contributed by atoms with Gasteiger partial charge in [-0.25, -0.2) is 0 Å². The van der Waals surface area contributed by atoms with Crippen molar-refractivity contribution in [1.82, 2.24) is 0 Å². The zero-order valence-electron chi connectivity index (χ0n) is 6.90. The van der Waals surface area contributed by atoms with Gasteiger partial charge in [-0.05, 0) is 6.42 Å². The Morgan fingerprint density at radius 3 is 2.33 bits per heavy atom. The van der Waals surface area contributed by atoms with Crippen LogP contribution in [0.15, 0.2) is 0 Å². The van der Waals surface area contributed by atoms with E-state index in [9.17, 15) is 10.2 Å². The third-order valence-electron chi connectivity index (χ3n) is 2.60. The first-order valence-corrected chi connectivity index (χ1v) is 4.36. The van der Waals surface area contributed by atoms with Gasteiger partial charge in [0.25, 0.3) is 0 Å². The molecule has 1 aliphatic heterocycles. The van der Waals surface area contributed by atoms with Gasteiger partial charge < -0.3 is 19.7 Å². The molecule has 4 nitrogen and oxygen atoms in total. The van der Waals surface area contributed by atoms with Gasteiger partial charge in [-0.15, -0.1) is 0 Å². The van der Waals surface area contributed by atoms with Crippen molar-refractivity contribution >= 4 is 0 Å².